The van der Waals surface area contributed by atoms with Crippen LogP contribution >= 0.6 is 0 Å². The number of sulfonamides is 1. The van der Waals surface area contributed by atoms with Crippen LogP contribution in [0.1, 0.15) is 12.8 Å². The lowest BCUT2D eigenvalue weighted by Crippen LogP contribution is -2.34. The van der Waals surface area contributed by atoms with Gasteiger partial charge in [-0.3, -0.25) is 0 Å². The lowest BCUT2D eigenvalue weighted by Gasteiger charge is -2.26. The van der Waals surface area contributed by atoms with Gasteiger partial charge in [-0.1, -0.05) is 0 Å². The highest BCUT2D eigenvalue weighted by atomic mass is 32.2. The highest BCUT2D eigenvalue weighted by molar-refractivity contribution is 7.89. The van der Waals surface area contributed by atoms with Crippen LogP contribution in [0.5, 0.6) is 5.75 Å². The molecule has 0 atom stereocenters. The van der Waals surface area contributed by atoms with E-state index < -0.39 is 22.6 Å². The minimum atomic E-state index is -3.57. The third-order valence-electron chi connectivity index (χ3n) is 3.75. The topological polar surface area (TPSA) is 93.1 Å². The number of hydrogen-bond acceptors (Lipinski definition) is 5. The molecule has 1 aromatic carbocycles. The molecule has 0 aliphatic carbocycles. The Morgan fingerprint density at radius 2 is 1.91 bits per heavy atom. The molecule has 1 saturated heterocycles. The number of hydrogen-bond donors (Lipinski definition) is 1. The maximum Gasteiger partial charge on any atom is 0.341 e. The van der Waals surface area contributed by atoms with Crippen molar-refractivity contribution in [2.45, 2.75) is 17.7 Å². The first-order valence-corrected chi connectivity index (χ1v) is 8.82. The van der Waals surface area contributed by atoms with Crippen LogP contribution in [-0.4, -0.2) is 57.2 Å². The Balaban J connectivity index is 2.01. The van der Waals surface area contributed by atoms with E-state index in [9.17, 15) is 13.2 Å². The molecule has 1 aliphatic heterocycles. The van der Waals surface area contributed by atoms with Crippen molar-refractivity contribution < 1.29 is 27.8 Å². The fourth-order valence-electron chi connectivity index (χ4n) is 2.42. The van der Waals surface area contributed by atoms with Crippen LogP contribution in [0.15, 0.2) is 29.2 Å². The molecule has 0 radical (unpaired) electrons. The normalized spacial score (nSPS) is 16.4. The van der Waals surface area contributed by atoms with Crippen LogP contribution < -0.4 is 4.74 Å². The predicted octanol–water partition coefficient (Wildman–Crippen LogP) is 1.20. The first-order valence-electron chi connectivity index (χ1n) is 7.38. The van der Waals surface area contributed by atoms with E-state index in [4.69, 9.17) is 14.6 Å². The molecule has 8 heteroatoms. The summed E-state index contributed by atoms with van der Waals surface area (Å²) in [5.41, 5.74) is 0. The first-order chi connectivity index (χ1) is 10.9. The summed E-state index contributed by atoms with van der Waals surface area (Å²) in [4.78, 5) is 10.6. The van der Waals surface area contributed by atoms with Gasteiger partial charge in [-0.05, 0) is 43.0 Å². The minimum absolute atomic E-state index is 0.162. The minimum Gasteiger partial charge on any atom is -0.482 e. The van der Waals surface area contributed by atoms with Crippen LogP contribution in [0.2, 0.25) is 0 Å². The second-order valence-corrected chi connectivity index (χ2v) is 7.54. The summed E-state index contributed by atoms with van der Waals surface area (Å²) in [6, 6.07) is 5.76. The zero-order chi connectivity index (χ0) is 16.9. The van der Waals surface area contributed by atoms with Gasteiger partial charge in [0, 0.05) is 26.8 Å². The average Bonchev–Trinajstić information content (AvgIpc) is 2.54. The zero-order valence-corrected chi connectivity index (χ0v) is 13.8. The van der Waals surface area contributed by atoms with Gasteiger partial charge in [0.25, 0.3) is 0 Å². The molecule has 1 N–H and O–H groups in total. The van der Waals surface area contributed by atoms with Crippen molar-refractivity contribution in [1.82, 2.24) is 4.31 Å². The molecule has 1 fully saturated rings. The smallest absolute Gasteiger partial charge is 0.341 e. The molecule has 1 heterocycles. The molecule has 0 amide bonds. The Labute approximate surface area is 135 Å². The summed E-state index contributed by atoms with van der Waals surface area (Å²) in [5.74, 6) is -0.460. The van der Waals surface area contributed by atoms with Gasteiger partial charge in [0.2, 0.25) is 10.0 Å². The monoisotopic (exact) mass is 343 g/mol. The fraction of sp³-hybridized carbons (Fsp3) is 0.533. The number of rotatable bonds is 7. The molecular formula is C15H21NO6S. The molecule has 128 valence electrons. The molecule has 0 aromatic heterocycles. The Bertz CT molecular complexity index is 622. The lowest BCUT2D eigenvalue weighted by molar-refractivity contribution is -0.139. The SMILES string of the molecule is CN(CC1CCOCC1)S(=O)(=O)c1ccc(OCC(=O)O)cc1. The Hall–Kier alpha value is -1.64. The molecule has 0 spiro atoms. The van der Waals surface area contributed by atoms with E-state index in [1.54, 1.807) is 7.05 Å². The van der Waals surface area contributed by atoms with Gasteiger partial charge in [0.15, 0.2) is 6.61 Å². The fourth-order valence-corrected chi connectivity index (χ4v) is 3.67. The van der Waals surface area contributed by atoms with Gasteiger partial charge in [0.05, 0.1) is 4.90 Å². The Morgan fingerprint density at radius 1 is 1.30 bits per heavy atom. The average molecular weight is 343 g/mol. The summed E-state index contributed by atoms with van der Waals surface area (Å²) >= 11 is 0. The van der Waals surface area contributed by atoms with Crippen molar-refractivity contribution in [3.63, 3.8) is 0 Å². The number of benzene rings is 1. The molecule has 0 saturated carbocycles. The van der Waals surface area contributed by atoms with Gasteiger partial charge in [-0.15, -0.1) is 0 Å². The Morgan fingerprint density at radius 3 is 2.48 bits per heavy atom. The second kappa shape index (κ2) is 7.76. The molecule has 23 heavy (non-hydrogen) atoms. The quantitative estimate of drug-likeness (QED) is 0.799. The van der Waals surface area contributed by atoms with E-state index in [0.29, 0.717) is 31.4 Å². The van der Waals surface area contributed by atoms with Crippen molar-refractivity contribution in [3.8, 4) is 5.75 Å². The zero-order valence-electron chi connectivity index (χ0n) is 13.0. The van der Waals surface area contributed by atoms with Crippen molar-refractivity contribution in [3.05, 3.63) is 24.3 Å². The number of aliphatic carboxylic acids is 1. The lowest BCUT2D eigenvalue weighted by atomic mass is 10.0. The maximum atomic E-state index is 12.5. The van der Waals surface area contributed by atoms with Gasteiger partial charge < -0.3 is 14.6 Å². The van der Waals surface area contributed by atoms with Crippen molar-refractivity contribution in [1.29, 1.82) is 0 Å². The van der Waals surface area contributed by atoms with E-state index >= 15 is 0 Å². The Kier molecular flexibility index (Phi) is 5.97. The van der Waals surface area contributed by atoms with Crippen LogP contribution in [-0.2, 0) is 19.6 Å². The summed E-state index contributed by atoms with van der Waals surface area (Å²) < 4.78 is 36.7. The van der Waals surface area contributed by atoms with Gasteiger partial charge in [-0.2, -0.15) is 0 Å². The standard InChI is InChI=1S/C15H21NO6S/c1-16(10-12-6-8-21-9-7-12)23(19,20)14-4-2-13(3-5-14)22-11-15(17)18/h2-5,12H,6-11H2,1H3,(H,17,18). The van der Waals surface area contributed by atoms with Crippen LogP contribution in [0.25, 0.3) is 0 Å². The van der Waals surface area contributed by atoms with E-state index in [1.807, 2.05) is 0 Å². The van der Waals surface area contributed by atoms with Gasteiger partial charge in [-0.25, -0.2) is 17.5 Å². The van der Waals surface area contributed by atoms with E-state index in [1.165, 1.54) is 28.6 Å². The van der Waals surface area contributed by atoms with E-state index in [0.717, 1.165) is 12.8 Å². The maximum absolute atomic E-state index is 12.5. The van der Waals surface area contributed by atoms with Crippen molar-refractivity contribution in [2.75, 3.05) is 33.4 Å². The summed E-state index contributed by atoms with van der Waals surface area (Å²) in [6.07, 6.45) is 1.73. The highest BCUT2D eigenvalue weighted by Gasteiger charge is 2.25. The molecule has 2 rings (SSSR count). The van der Waals surface area contributed by atoms with E-state index in [2.05, 4.69) is 0 Å². The van der Waals surface area contributed by atoms with E-state index in [-0.39, 0.29) is 4.90 Å². The largest absolute Gasteiger partial charge is 0.482 e. The second-order valence-electron chi connectivity index (χ2n) is 5.50. The molecule has 1 aromatic rings. The van der Waals surface area contributed by atoms with Crippen LogP contribution in [0.3, 0.4) is 0 Å². The molecule has 7 nitrogen and oxygen atoms in total. The van der Waals surface area contributed by atoms with Crippen molar-refractivity contribution >= 4 is 16.0 Å². The van der Waals surface area contributed by atoms with Gasteiger partial charge >= 0.3 is 5.97 Å². The summed E-state index contributed by atoms with van der Waals surface area (Å²) in [7, 11) is -2.00. The number of carboxylic acid groups (broad SMARTS) is 1. The van der Waals surface area contributed by atoms with Gasteiger partial charge in [0.1, 0.15) is 5.75 Å². The van der Waals surface area contributed by atoms with Crippen molar-refractivity contribution in [2.24, 2.45) is 5.92 Å². The molecule has 1 aliphatic rings. The number of nitrogens with zero attached hydrogens (tertiary/aromatic N) is 1. The summed E-state index contributed by atoms with van der Waals surface area (Å²) in [6.45, 7) is 1.35. The number of carbonyl (C=O) groups is 1. The first kappa shape index (κ1) is 17.7. The third kappa shape index (κ3) is 4.92. The number of carboxylic acids is 1. The number of ether oxygens (including phenoxy) is 2. The third-order valence-corrected chi connectivity index (χ3v) is 5.59. The summed E-state index contributed by atoms with van der Waals surface area (Å²) in [5, 5.41) is 8.55. The molecular weight excluding hydrogens is 322 g/mol. The predicted molar refractivity (Wildman–Crippen MR) is 82.9 cm³/mol. The highest BCUT2D eigenvalue weighted by Crippen LogP contribution is 2.22. The van der Waals surface area contributed by atoms with Crippen LogP contribution in [0, 0.1) is 5.92 Å². The molecule has 0 unspecified atom stereocenters. The molecule has 0 bridgehead atoms. The van der Waals surface area contributed by atoms with Crippen LogP contribution in [0.4, 0.5) is 0 Å².